The van der Waals surface area contributed by atoms with Crippen LogP contribution in [0.4, 0.5) is 0 Å². The molecular weight excluding hydrogens is 360 g/mol. The van der Waals surface area contributed by atoms with E-state index >= 15 is 0 Å². The Morgan fingerprint density at radius 2 is 1.57 bits per heavy atom. The predicted molar refractivity (Wildman–Crippen MR) is 103 cm³/mol. The van der Waals surface area contributed by atoms with E-state index in [1.807, 2.05) is 30.3 Å². The molecule has 0 atom stereocenters. The van der Waals surface area contributed by atoms with Crippen molar-refractivity contribution in [3.8, 4) is 5.75 Å². The van der Waals surface area contributed by atoms with Gasteiger partial charge in [-0.05, 0) is 23.8 Å². The second-order valence-corrected chi connectivity index (χ2v) is 6.01. The summed E-state index contributed by atoms with van der Waals surface area (Å²) in [6.07, 6.45) is 1.88. The highest BCUT2D eigenvalue weighted by molar-refractivity contribution is 5.90. The molecule has 3 amide bonds. The van der Waals surface area contributed by atoms with E-state index in [-0.39, 0.29) is 25.5 Å². The molecule has 0 bridgehead atoms. The molecule has 3 rings (SSSR count). The Bertz CT molecular complexity index is 969. The summed E-state index contributed by atoms with van der Waals surface area (Å²) in [6.45, 7) is -0.478. The lowest BCUT2D eigenvalue weighted by Gasteiger charge is -2.09. The highest BCUT2D eigenvalue weighted by Crippen LogP contribution is 2.17. The van der Waals surface area contributed by atoms with Crippen molar-refractivity contribution in [3.05, 3.63) is 66.4 Å². The largest absolute Gasteiger partial charge is 0.484 e. The molecule has 1 heterocycles. The Morgan fingerprint density at radius 1 is 0.857 bits per heavy atom. The molecule has 144 valence electrons. The Morgan fingerprint density at radius 3 is 2.39 bits per heavy atom. The van der Waals surface area contributed by atoms with E-state index in [1.54, 1.807) is 30.5 Å². The van der Waals surface area contributed by atoms with Gasteiger partial charge in [-0.3, -0.25) is 25.2 Å². The Hall–Kier alpha value is -3.81. The average Bonchev–Trinajstić information content (AvgIpc) is 3.13. The van der Waals surface area contributed by atoms with Gasteiger partial charge in [0.05, 0.1) is 13.0 Å². The van der Waals surface area contributed by atoms with Gasteiger partial charge in [0.15, 0.2) is 6.61 Å². The van der Waals surface area contributed by atoms with E-state index in [0.717, 1.165) is 16.5 Å². The first-order valence-electron chi connectivity index (χ1n) is 8.69. The predicted octanol–water partition coefficient (Wildman–Crippen LogP) is 1.05. The van der Waals surface area contributed by atoms with E-state index in [1.165, 1.54) is 0 Å². The van der Waals surface area contributed by atoms with Gasteiger partial charge in [0.1, 0.15) is 5.75 Å². The number of fused-ring (bicyclic) bond motifs is 1. The summed E-state index contributed by atoms with van der Waals surface area (Å²) in [4.78, 5) is 38.5. The van der Waals surface area contributed by atoms with Gasteiger partial charge in [-0.25, -0.2) is 0 Å². The SMILES string of the molecule is O=C(COc1ccccc1)NCC(=O)NNC(=O)Cc1c[nH]c2ccccc12. The van der Waals surface area contributed by atoms with Gasteiger partial charge in [-0.1, -0.05) is 36.4 Å². The van der Waals surface area contributed by atoms with Crippen molar-refractivity contribution in [2.24, 2.45) is 0 Å². The Kier molecular flexibility index (Phi) is 6.25. The third-order valence-corrected chi connectivity index (χ3v) is 3.93. The van der Waals surface area contributed by atoms with Crippen molar-refractivity contribution in [1.82, 2.24) is 21.2 Å². The minimum absolute atomic E-state index is 0.113. The van der Waals surface area contributed by atoms with Gasteiger partial charge in [0.2, 0.25) is 5.91 Å². The van der Waals surface area contributed by atoms with Crippen molar-refractivity contribution in [2.45, 2.75) is 6.42 Å². The zero-order valence-corrected chi connectivity index (χ0v) is 15.0. The van der Waals surface area contributed by atoms with Crippen molar-refractivity contribution in [2.75, 3.05) is 13.2 Å². The minimum Gasteiger partial charge on any atom is -0.484 e. The number of ether oxygens (including phenoxy) is 1. The molecule has 0 saturated heterocycles. The fourth-order valence-electron chi connectivity index (χ4n) is 2.57. The summed E-state index contributed by atoms with van der Waals surface area (Å²) in [5.41, 5.74) is 6.37. The van der Waals surface area contributed by atoms with Crippen LogP contribution in [-0.2, 0) is 20.8 Å². The number of hydrazine groups is 1. The molecule has 0 unspecified atom stereocenters. The van der Waals surface area contributed by atoms with E-state index in [9.17, 15) is 14.4 Å². The molecule has 0 saturated carbocycles. The second kappa shape index (κ2) is 9.22. The number of nitrogens with one attached hydrogen (secondary N) is 4. The van der Waals surface area contributed by atoms with Crippen LogP contribution in [0.2, 0.25) is 0 Å². The van der Waals surface area contributed by atoms with Crippen LogP contribution in [0, 0.1) is 0 Å². The molecule has 0 aliphatic rings. The van der Waals surface area contributed by atoms with Crippen LogP contribution < -0.4 is 20.9 Å². The van der Waals surface area contributed by atoms with Crippen LogP contribution in [0.1, 0.15) is 5.56 Å². The van der Waals surface area contributed by atoms with Crippen molar-refractivity contribution < 1.29 is 19.1 Å². The highest BCUT2D eigenvalue weighted by Gasteiger charge is 2.10. The summed E-state index contributed by atoms with van der Waals surface area (Å²) in [5.74, 6) is -0.784. The van der Waals surface area contributed by atoms with Crippen LogP contribution in [0.15, 0.2) is 60.8 Å². The number of hydrogen-bond donors (Lipinski definition) is 4. The normalized spacial score (nSPS) is 10.3. The molecular formula is C20H20N4O4. The third-order valence-electron chi connectivity index (χ3n) is 3.93. The number of amides is 3. The molecule has 0 fully saturated rings. The first-order valence-corrected chi connectivity index (χ1v) is 8.69. The lowest BCUT2D eigenvalue weighted by Crippen LogP contribution is -2.47. The van der Waals surface area contributed by atoms with E-state index in [0.29, 0.717) is 5.75 Å². The molecule has 8 heteroatoms. The van der Waals surface area contributed by atoms with E-state index in [4.69, 9.17) is 4.74 Å². The van der Waals surface area contributed by atoms with Gasteiger partial charge in [0.25, 0.3) is 11.8 Å². The summed E-state index contributed by atoms with van der Waals surface area (Å²) >= 11 is 0. The molecule has 8 nitrogen and oxygen atoms in total. The molecule has 0 aliphatic heterocycles. The number of hydrogen-bond acceptors (Lipinski definition) is 4. The summed E-state index contributed by atoms with van der Waals surface area (Å²) < 4.78 is 5.28. The van der Waals surface area contributed by atoms with Crippen LogP contribution in [0.25, 0.3) is 10.9 Å². The molecule has 1 aromatic heterocycles. The maximum Gasteiger partial charge on any atom is 0.258 e. The number of aromatic nitrogens is 1. The molecule has 28 heavy (non-hydrogen) atoms. The molecule has 2 aromatic carbocycles. The maximum absolute atomic E-state index is 12.0. The Balaban J connectivity index is 1.35. The highest BCUT2D eigenvalue weighted by atomic mass is 16.5. The minimum atomic E-state index is -0.541. The standard InChI is InChI=1S/C20H20N4O4/c25-18(10-14-11-21-17-9-5-4-8-16(14)17)23-24-19(26)12-22-20(27)13-28-15-6-2-1-3-7-15/h1-9,11,21H,10,12-13H2,(H,22,27)(H,23,25)(H,24,26). The average molecular weight is 380 g/mol. The van der Waals surface area contributed by atoms with Gasteiger partial charge >= 0.3 is 0 Å². The van der Waals surface area contributed by atoms with Crippen LogP contribution in [0.5, 0.6) is 5.75 Å². The summed E-state index contributed by atoms with van der Waals surface area (Å²) in [7, 11) is 0. The topological polar surface area (TPSA) is 112 Å². The Labute approximate surface area is 161 Å². The number of rotatable bonds is 7. The smallest absolute Gasteiger partial charge is 0.258 e. The summed E-state index contributed by atoms with van der Waals surface area (Å²) in [5, 5.41) is 3.37. The molecule has 0 radical (unpaired) electrons. The maximum atomic E-state index is 12.0. The first kappa shape index (κ1) is 19.0. The number of benzene rings is 2. The van der Waals surface area contributed by atoms with Crippen molar-refractivity contribution in [3.63, 3.8) is 0 Å². The number of carbonyl (C=O) groups excluding carboxylic acids is 3. The zero-order valence-electron chi connectivity index (χ0n) is 15.0. The zero-order chi connectivity index (χ0) is 19.8. The van der Waals surface area contributed by atoms with Gasteiger partial charge in [0, 0.05) is 17.1 Å². The molecule has 3 aromatic rings. The van der Waals surface area contributed by atoms with Crippen molar-refractivity contribution >= 4 is 28.6 Å². The fraction of sp³-hybridized carbons (Fsp3) is 0.150. The number of aromatic amines is 1. The van der Waals surface area contributed by atoms with E-state index in [2.05, 4.69) is 21.2 Å². The van der Waals surface area contributed by atoms with Crippen LogP contribution >= 0.6 is 0 Å². The monoisotopic (exact) mass is 380 g/mol. The number of H-pyrrole nitrogens is 1. The quantitative estimate of drug-likeness (QED) is 0.459. The first-order chi connectivity index (χ1) is 13.6. The third kappa shape index (κ3) is 5.34. The lowest BCUT2D eigenvalue weighted by atomic mass is 10.1. The summed E-state index contributed by atoms with van der Waals surface area (Å²) in [6, 6.07) is 16.5. The van der Waals surface area contributed by atoms with Crippen molar-refractivity contribution in [1.29, 1.82) is 0 Å². The van der Waals surface area contributed by atoms with Crippen LogP contribution in [-0.4, -0.2) is 35.9 Å². The number of para-hydroxylation sites is 2. The molecule has 4 N–H and O–H groups in total. The fourth-order valence-corrected chi connectivity index (χ4v) is 2.57. The number of carbonyl (C=O) groups is 3. The second-order valence-electron chi connectivity index (χ2n) is 6.01. The van der Waals surface area contributed by atoms with Gasteiger partial charge in [-0.15, -0.1) is 0 Å². The molecule has 0 aliphatic carbocycles. The lowest BCUT2D eigenvalue weighted by molar-refractivity contribution is -0.130. The van der Waals surface area contributed by atoms with Gasteiger partial charge in [-0.2, -0.15) is 0 Å². The van der Waals surface area contributed by atoms with Crippen LogP contribution in [0.3, 0.4) is 0 Å². The van der Waals surface area contributed by atoms with E-state index < -0.39 is 11.8 Å². The molecule has 0 spiro atoms. The van der Waals surface area contributed by atoms with Gasteiger partial charge < -0.3 is 15.0 Å².